The number of rotatable bonds is 5. The van der Waals surface area contributed by atoms with E-state index in [9.17, 15) is 8.78 Å². The molecule has 0 saturated heterocycles. The molecule has 1 aromatic carbocycles. The smallest absolute Gasteiger partial charge is 0.129 e. The van der Waals surface area contributed by atoms with Crippen molar-refractivity contribution in [1.29, 1.82) is 0 Å². The van der Waals surface area contributed by atoms with Crippen LogP contribution in [-0.2, 0) is 11.2 Å². The predicted molar refractivity (Wildman–Crippen MR) is 56.2 cm³/mol. The number of ether oxygens (including phenoxy) is 1. The zero-order chi connectivity index (χ0) is 11.3. The van der Waals surface area contributed by atoms with E-state index in [1.54, 1.807) is 7.11 Å². The molecule has 0 heterocycles. The number of benzene rings is 1. The van der Waals surface area contributed by atoms with Gasteiger partial charge in [0.1, 0.15) is 11.6 Å². The van der Waals surface area contributed by atoms with Gasteiger partial charge in [0.2, 0.25) is 0 Å². The van der Waals surface area contributed by atoms with Gasteiger partial charge in [0.25, 0.3) is 0 Å². The molecule has 0 bridgehead atoms. The highest BCUT2D eigenvalue weighted by atomic mass is 35.5. The molecule has 0 aliphatic heterocycles. The van der Waals surface area contributed by atoms with Crippen molar-refractivity contribution in [2.45, 2.75) is 18.2 Å². The standard InChI is InChI=1S/C11H13ClF2O/c1-15-7-9(12)4-2-8-3-5-10(13)6-11(8)14/h3,5-6,9H,2,4,7H2,1H3. The lowest BCUT2D eigenvalue weighted by molar-refractivity contribution is 0.195. The molecule has 1 atom stereocenters. The maximum Gasteiger partial charge on any atom is 0.129 e. The Morgan fingerprint density at radius 1 is 1.40 bits per heavy atom. The zero-order valence-corrected chi connectivity index (χ0v) is 9.23. The van der Waals surface area contributed by atoms with E-state index in [1.807, 2.05) is 0 Å². The van der Waals surface area contributed by atoms with Gasteiger partial charge in [-0.2, -0.15) is 0 Å². The summed E-state index contributed by atoms with van der Waals surface area (Å²) in [7, 11) is 1.56. The lowest BCUT2D eigenvalue weighted by Gasteiger charge is -2.08. The topological polar surface area (TPSA) is 9.23 Å². The van der Waals surface area contributed by atoms with Gasteiger partial charge in [0, 0.05) is 13.2 Å². The first kappa shape index (κ1) is 12.4. The van der Waals surface area contributed by atoms with Gasteiger partial charge >= 0.3 is 0 Å². The van der Waals surface area contributed by atoms with Crippen LogP contribution in [0.5, 0.6) is 0 Å². The third-order valence-electron chi connectivity index (χ3n) is 2.09. The molecule has 1 nitrogen and oxygen atoms in total. The van der Waals surface area contributed by atoms with Crippen LogP contribution in [0.15, 0.2) is 18.2 Å². The van der Waals surface area contributed by atoms with Crippen molar-refractivity contribution >= 4 is 11.6 Å². The quantitative estimate of drug-likeness (QED) is 0.712. The van der Waals surface area contributed by atoms with Gasteiger partial charge in [-0.1, -0.05) is 6.07 Å². The van der Waals surface area contributed by atoms with Gasteiger partial charge < -0.3 is 4.74 Å². The van der Waals surface area contributed by atoms with Crippen LogP contribution < -0.4 is 0 Å². The summed E-state index contributed by atoms with van der Waals surface area (Å²) in [6.45, 7) is 0.435. The first-order chi connectivity index (χ1) is 7.13. The highest BCUT2D eigenvalue weighted by molar-refractivity contribution is 6.20. The summed E-state index contributed by atoms with van der Waals surface area (Å²) in [6.07, 6.45) is 1.10. The average molecular weight is 235 g/mol. The summed E-state index contributed by atoms with van der Waals surface area (Å²) in [5, 5.41) is -0.139. The van der Waals surface area contributed by atoms with Crippen molar-refractivity contribution in [2.24, 2.45) is 0 Å². The van der Waals surface area contributed by atoms with Crippen LogP contribution in [0.25, 0.3) is 0 Å². The van der Waals surface area contributed by atoms with Gasteiger partial charge in [0.05, 0.1) is 12.0 Å². The normalized spacial score (nSPS) is 12.8. The summed E-state index contributed by atoms with van der Waals surface area (Å²) < 4.78 is 30.6. The van der Waals surface area contributed by atoms with E-state index in [0.717, 1.165) is 6.07 Å². The van der Waals surface area contributed by atoms with Gasteiger partial charge in [0.15, 0.2) is 0 Å². The highest BCUT2D eigenvalue weighted by Crippen LogP contribution is 2.14. The van der Waals surface area contributed by atoms with Crippen LogP contribution in [-0.4, -0.2) is 19.1 Å². The van der Waals surface area contributed by atoms with Crippen molar-refractivity contribution in [2.75, 3.05) is 13.7 Å². The number of hydrogen-bond acceptors (Lipinski definition) is 1. The first-order valence-electron chi connectivity index (χ1n) is 4.70. The predicted octanol–water partition coefficient (Wildman–Crippen LogP) is 3.15. The van der Waals surface area contributed by atoms with E-state index in [0.29, 0.717) is 25.0 Å². The summed E-state index contributed by atoms with van der Waals surface area (Å²) >= 11 is 5.89. The van der Waals surface area contributed by atoms with Crippen LogP contribution in [0, 0.1) is 11.6 Å². The molecular weight excluding hydrogens is 222 g/mol. The Balaban J connectivity index is 2.50. The SMILES string of the molecule is COCC(Cl)CCc1ccc(F)cc1F. The van der Waals surface area contributed by atoms with E-state index in [-0.39, 0.29) is 5.38 Å². The van der Waals surface area contributed by atoms with E-state index in [4.69, 9.17) is 16.3 Å². The van der Waals surface area contributed by atoms with Gasteiger partial charge in [-0.3, -0.25) is 0 Å². The second-order valence-corrected chi connectivity index (χ2v) is 3.94. The molecule has 0 aliphatic carbocycles. The Kier molecular flexibility index (Phi) is 4.99. The number of methoxy groups -OCH3 is 1. The van der Waals surface area contributed by atoms with E-state index < -0.39 is 11.6 Å². The van der Waals surface area contributed by atoms with Crippen molar-refractivity contribution < 1.29 is 13.5 Å². The maximum atomic E-state index is 13.2. The number of aryl methyl sites for hydroxylation is 1. The van der Waals surface area contributed by atoms with Crippen molar-refractivity contribution in [1.82, 2.24) is 0 Å². The lowest BCUT2D eigenvalue weighted by Crippen LogP contribution is -2.08. The van der Waals surface area contributed by atoms with Crippen LogP contribution in [0.2, 0.25) is 0 Å². The Bertz CT molecular complexity index is 317. The van der Waals surface area contributed by atoms with Crippen molar-refractivity contribution in [3.05, 3.63) is 35.4 Å². The molecule has 0 spiro atoms. The van der Waals surface area contributed by atoms with Crippen LogP contribution >= 0.6 is 11.6 Å². The summed E-state index contributed by atoms with van der Waals surface area (Å²) in [6, 6.07) is 3.58. The molecule has 1 unspecified atom stereocenters. The molecule has 4 heteroatoms. The molecule has 0 N–H and O–H groups in total. The van der Waals surface area contributed by atoms with Gasteiger partial charge in [-0.15, -0.1) is 11.6 Å². The zero-order valence-electron chi connectivity index (χ0n) is 8.47. The van der Waals surface area contributed by atoms with Crippen LogP contribution in [0.1, 0.15) is 12.0 Å². The third-order valence-corrected chi connectivity index (χ3v) is 2.43. The molecule has 15 heavy (non-hydrogen) atoms. The van der Waals surface area contributed by atoms with E-state index >= 15 is 0 Å². The average Bonchev–Trinajstić information content (AvgIpc) is 2.17. The molecule has 0 aromatic heterocycles. The Labute approximate surface area is 93.0 Å². The maximum absolute atomic E-state index is 13.2. The molecule has 1 rings (SSSR count). The largest absolute Gasteiger partial charge is 0.383 e. The van der Waals surface area contributed by atoms with Crippen LogP contribution in [0.4, 0.5) is 8.78 Å². The fraction of sp³-hybridized carbons (Fsp3) is 0.455. The molecule has 0 radical (unpaired) electrons. The van der Waals surface area contributed by atoms with E-state index in [1.165, 1.54) is 12.1 Å². The van der Waals surface area contributed by atoms with E-state index in [2.05, 4.69) is 0 Å². The molecular formula is C11H13ClF2O. The Morgan fingerprint density at radius 3 is 2.73 bits per heavy atom. The molecule has 0 amide bonds. The monoisotopic (exact) mass is 234 g/mol. The first-order valence-corrected chi connectivity index (χ1v) is 5.14. The number of hydrogen-bond donors (Lipinski definition) is 0. The minimum Gasteiger partial charge on any atom is -0.383 e. The summed E-state index contributed by atoms with van der Waals surface area (Å²) in [5.41, 5.74) is 0.484. The van der Waals surface area contributed by atoms with Crippen molar-refractivity contribution in [3.8, 4) is 0 Å². The second kappa shape index (κ2) is 6.03. The fourth-order valence-electron chi connectivity index (χ4n) is 1.30. The molecule has 0 saturated carbocycles. The Morgan fingerprint density at radius 2 is 2.13 bits per heavy atom. The number of halogens is 3. The summed E-state index contributed by atoms with van der Waals surface area (Å²) in [5.74, 6) is -1.08. The lowest BCUT2D eigenvalue weighted by atomic mass is 10.1. The molecule has 1 aromatic rings. The fourth-order valence-corrected chi connectivity index (χ4v) is 1.54. The minimum absolute atomic E-state index is 0.139. The molecule has 0 fully saturated rings. The highest BCUT2D eigenvalue weighted by Gasteiger charge is 2.08. The molecule has 84 valence electrons. The Hall–Kier alpha value is -0.670. The second-order valence-electron chi connectivity index (χ2n) is 3.33. The van der Waals surface area contributed by atoms with Crippen LogP contribution in [0.3, 0.4) is 0 Å². The van der Waals surface area contributed by atoms with Gasteiger partial charge in [-0.25, -0.2) is 8.78 Å². The van der Waals surface area contributed by atoms with Gasteiger partial charge in [-0.05, 0) is 24.5 Å². The number of alkyl halides is 1. The minimum atomic E-state index is -0.560. The molecule has 0 aliphatic rings. The third kappa shape index (κ3) is 4.14. The summed E-state index contributed by atoms with van der Waals surface area (Å²) in [4.78, 5) is 0. The van der Waals surface area contributed by atoms with Crippen molar-refractivity contribution in [3.63, 3.8) is 0 Å².